The van der Waals surface area contributed by atoms with Crippen LogP contribution in [0, 0.1) is 0 Å². The van der Waals surface area contributed by atoms with Crippen LogP contribution in [0.25, 0.3) is 0 Å². The van der Waals surface area contributed by atoms with Crippen molar-refractivity contribution in [3.05, 3.63) is 53.9 Å². The standard InChI is InChI=1S/C18H27N5O.HI/c1-15(17-8-5-4-6-9-17)24-11-7-10-20-18(19-2)21-12-16-13-22-23(3)14-16;/h4-6,8-9,13-15H,7,10-12H2,1-3H3,(H2,19,20,21);1H. The van der Waals surface area contributed by atoms with Crippen molar-refractivity contribution in [1.29, 1.82) is 0 Å². The number of hydrogen-bond acceptors (Lipinski definition) is 3. The lowest BCUT2D eigenvalue weighted by molar-refractivity contribution is 0.0646. The van der Waals surface area contributed by atoms with E-state index in [-0.39, 0.29) is 30.1 Å². The highest BCUT2D eigenvalue weighted by molar-refractivity contribution is 14.0. The van der Waals surface area contributed by atoms with E-state index in [0.29, 0.717) is 13.2 Å². The molecule has 0 aliphatic rings. The lowest BCUT2D eigenvalue weighted by atomic mass is 10.1. The molecule has 0 aliphatic heterocycles. The van der Waals surface area contributed by atoms with Crippen LogP contribution < -0.4 is 10.6 Å². The maximum atomic E-state index is 5.86. The Kier molecular flexibility index (Phi) is 10.2. The van der Waals surface area contributed by atoms with Crippen LogP contribution >= 0.6 is 24.0 Å². The molecule has 2 aromatic rings. The van der Waals surface area contributed by atoms with Crippen LogP contribution in [0.15, 0.2) is 47.7 Å². The molecule has 138 valence electrons. The van der Waals surface area contributed by atoms with E-state index in [0.717, 1.165) is 24.5 Å². The van der Waals surface area contributed by atoms with Gasteiger partial charge in [0.1, 0.15) is 0 Å². The first-order chi connectivity index (χ1) is 11.7. The fourth-order valence-corrected chi connectivity index (χ4v) is 2.33. The summed E-state index contributed by atoms with van der Waals surface area (Å²) in [5.74, 6) is 0.787. The van der Waals surface area contributed by atoms with Crippen molar-refractivity contribution in [2.24, 2.45) is 12.0 Å². The fraction of sp³-hybridized carbons (Fsp3) is 0.444. The lowest BCUT2D eigenvalue weighted by Gasteiger charge is -2.14. The van der Waals surface area contributed by atoms with Gasteiger partial charge in [0.2, 0.25) is 0 Å². The molecule has 7 heteroatoms. The van der Waals surface area contributed by atoms with Crippen LogP contribution in [0.3, 0.4) is 0 Å². The van der Waals surface area contributed by atoms with E-state index >= 15 is 0 Å². The smallest absolute Gasteiger partial charge is 0.191 e. The predicted octanol–water partition coefficient (Wildman–Crippen LogP) is 2.87. The zero-order valence-corrected chi connectivity index (χ0v) is 17.4. The minimum Gasteiger partial charge on any atom is -0.374 e. The van der Waals surface area contributed by atoms with Gasteiger partial charge in [0.15, 0.2) is 5.96 Å². The molecule has 1 aromatic carbocycles. The molecule has 1 atom stereocenters. The normalized spacial score (nSPS) is 12.4. The Bertz CT molecular complexity index is 629. The molecule has 25 heavy (non-hydrogen) atoms. The first-order valence-corrected chi connectivity index (χ1v) is 8.27. The molecule has 0 fully saturated rings. The number of aliphatic imine (C=N–C) groups is 1. The van der Waals surface area contributed by atoms with Gasteiger partial charge in [0.05, 0.1) is 12.3 Å². The molecule has 1 aromatic heterocycles. The second kappa shape index (κ2) is 11.9. The van der Waals surface area contributed by atoms with E-state index in [1.54, 1.807) is 11.7 Å². The number of ether oxygens (including phenoxy) is 1. The Labute approximate surface area is 167 Å². The predicted molar refractivity (Wildman–Crippen MR) is 112 cm³/mol. The Morgan fingerprint density at radius 1 is 1.28 bits per heavy atom. The molecule has 0 spiro atoms. The van der Waals surface area contributed by atoms with Crippen molar-refractivity contribution in [3.8, 4) is 0 Å². The van der Waals surface area contributed by atoms with Crippen molar-refractivity contribution in [1.82, 2.24) is 20.4 Å². The number of aryl methyl sites for hydroxylation is 1. The number of rotatable bonds is 8. The Balaban J connectivity index is 0.00000312. The third kappa shape index (κ3) is 7.87. The highest BCUT2D eigenvalue weighted by Crippen LogP contribution is 2.15. The molecule has 0 saturated carbocycles. The second-order valence-corrected chi connectivity index (χ2v) is 5.65. The molecular formula is C18H28IN5O. The Morgan fingerprint density at radius 3 is 2.68 bits per heavy atom. The summed E-state index contributed by atoms with van der Waals surface area (Å²) in [7, 11) is 3.68. The van der Waals surface area contributed by atoms with E-state index in [1.165, 1.54) is 5.56 Å². The van der Waals surface area contributed by atoms with Gasteiger partial charge in [-0.05, 0) is 18.9 Å². The zero-order chi connectivity index (χ0) is 17.2. The number of aromatic nitrogens is 2. The van der Waals surface area contributed by atoms with Crippen molar-refractivity contribution in [2.75, 3.05) is 20.2 Å². The largest absolute Gasteiger partial charge is 0.374 e. The molecule has 0 aliphatic carbocycles. The number of hydrogen-bond donors (Lipinski definition) is 2. The van der Waals surface area contributed by atoms with Crippen molar-refractivity contribution in [2.45, 2.75) is 26.0 Å². The molecule has 0 bridgehead atoms. The van der Waals surface area contributed by atoms with Gasteiger partial charge in [-0.15, -0.1) is 24.0 Å². The summed E-state index contributed by atoms with van der Waals surface area (Å²) in [6, 6.07) is 10.3. The van der Waals surface area contributed by atoms with E-state index < -0.39 is 0 Å². The summed E-state index contributed by atoms with van der Waals surface area (Å²) < 4.78 is 7.65. The monoisotopic (exact) mass is 457 g/mol. The summed E-state index contributed by atoms with van der Waals surface area (Å²) in [5.41, 5.74) is 2.33. The highest BCUT2D eigenvalue weighted by atomic mass is 127. The highest BCUT2D eigenvalue weighted by Gasteiger charge is 2.04. The number of guanidine groups is 1. The molecule has 0 radical (unpaired) electrons. The van der Waals surface area contributed by atoms with E-state index in [9.17, 15) is 0 Å². The molecule has 0 saturated heterocycles. The van der Waals surface area contributed by atoms with Crippen LogP contribution in [-0.2, 0) is 18.3 Å². The molecule has 2 N–H and O–H groups in total. The van der Waals surface area contributed by atoms with E-state index in [1.807, 2.05) is 37.6 Å². The third-order valence-corrected chi connectivity index (χ3v) is 3.69. The maximum absolute atomic E-state index is 5.86. The molecule has 0 amide bonds. The molecule has 6 nitrogen and oxygen atoms in total. The first-order valence-electron chi connectivity index (χ1n) is 8.27. The van der Waals surface area contributed by atoms with Crippen LogP contribution in [0.4, 0.5) is 0 Å². The van der Waals surface area contributed by atoms with Crippen LogP contribution in [0.1, 0.15) is 30.6 Å². The summed E-state index contributed by atoms with van der Waals surface area (Å²) in [6.45, 7) is 4.31. The van der Waals surface area contributed by atoms with Gasteiger partial charge in [0, 0.05) is 45.6 Å². The average Bonchev–Trinajstić information content (AvgIpc) is 3.03. The Hall–Kier alpha value is -1.61. The average molecular weight is 457 g/mol. The maximum Gasteiger partial charge on any atom is 0.191 e. The summed E-state index contributed by atoms with van der Waals surface area (Å²) >= 11 is 0. The van der Waals surface area contributed by atoms with Gasteiger partial charge in [-0.2, -0.15) is 5.10 Å². The minimum atomic E-state index is 0. The number of benzene rings is 1. The van der Waals surface area contributed by atoms with Crippen molar-refractivity contribution >= 4 is 29.9 Å². The fourth-order valence-electron chi connectivity index (χ4n) is 2.33. The summed E-state index contributed by atoms with van der Waals surface area (Å²) in [6.07, 6.45) is 4.87. The lowest BCUT2D eigenvalue weighted by Crippen LogP contribution is -2.37. The first kappa shape index (κ1) is 21.4. The molecule has 2 rings (SSSR count). The van der Waals surface area contributed by atoms with Gasteiger partial charge in [-0.1, -0.05) is 30.3 Å². The summed E-state index contributed by atoms with van der Waals surface area (Å²) in [5, 5.41) is 10.7. The number of nitrogens with zero attached hydrogens (tertiary/aromatic N) is 3. The van der Waals surface area contributed by atoms with E-state index in [4.69, 9.17) is 4.74 Å². The zero-order valence-electron chi connectivity index (χ0n) is 15.1. The number of halogens is 1. The Morgan fingerprint density at radius 2 is 2.04 bits per heavy atom. The van der Waals surface area contributed by atoms with Gasteiger partial charge in [0.25, 0.3) is 0 Å². The van der Waals surface area contributed by atoms with Gasteiger partial charge >= 0.3 is 0 Å². The quantitative estimate of drug-likeness (QED) is 0.277. The minimum absolute atomic E-state index is 0. The summed E-state index contributed by atoms with van der Waals surface area (Å²) in [4.78, 5) is 4.22. The molecule has 1 heterocycles. The molecular weight excluding hydrogens is 429 g/mol. The van der Waals surface area contributed by atoms with Crippen LogP contribution in [-0.4, -0.2) is 35.9 Å². The van der Waals surface area contributed by atoms with Crippen molar-refractivity contribution in [3.63, 3.8) is 0 Å². The van der Waals surface area contributed by atoms with Gasteiger partial charge in [-0.3, -0.25) is 9.67 Å². The van der Waals surface area contributed by atoms with Gasteiger partial charge < -0.3 is 15.4 Å². The van der Waals surface area contributed by atoms with Crippen molar-refractivity contribution < 1.29 is 4.74 Å². The van der Waals surface area contributed by atoms with Crippen LogP contribution in [0.5, 0.6) is 0 Å². The van der Waals surface area contributed by atoms with E-state index in [2.05, 4.69) is 39.8 Å². The third-order valence-electron chi connectivity index (χ3n) is 3.69. The second-order valence-electron chi connectivity index (χ2n) is 5.65. The van der Waals surface area contributed by atoms with Crippen LogP contribution in [0.2, 0.25) is 0 Å². The number of nitrogens with one attached hydrogen (secondary N) is 2. The SMILES string of the molecule is CN=C(NCCCOC(C)c1ccccc1)NCc1cnn(C)c1.I. The molecule has 1 unspecified atom stereocenters. The topological polar surface area (TPSA) is 63.5 Å². The van der Waals surface area contributed by atoms with Gasteiger partial charge in [-0.25, -0.2) is 0 Å².